The maximum absolute atomic E-state index is 5.69. The minimum absolute atomic E-state index is 0.320. The van der Waals surface area contributed by atoms with Gasteiger partial charge in [0.25, 0.3) is 5.88 Å². The predicted molar refractivity (Wildman–Crippen MR) is 57.7 cm³/mol. The molecule has 1 aromatic rings. The number of nitrogens with zero attached hydrogens (tertiary/aromatic N) is 2. The van der Waals surface area contributed by atoms with Crippen LogP contribution in [0.15, 0.2) is 0 Å². The number of hydrogen-bond donors (Lipinski definition) is 0. The Morgan fingerprint density at radius 2 is 2.07 bits per heavy atom. The summed E-state index contributed by atoms with van der Waals surface area (Å²) in [5, 5.41) is 0.320. The summed E-state index contributed by atoms with van der Waals surface area (Å²) >= 11 is 6.72. The summed E-state index contributed by atoms with van der Waals surface area (Å²) < 4.78 is 23.0. The van der Waals surface area contributed by atoms with Crippen molar-refractivity contribution >= 4 is 23.3 Å². The van der Waals surface area contributed by atoms with Gasteiger partial charge in [0.15, 0.2) is 0 Å². The van der Waals surface area contributed by atoms with E-state index in [4.69, 9.17) is 25.8 Å². The first-order valence-electron chi connectivity index (χ1n) is 4.52. The van der Waals surface area contributed by atoms with Crippen LogP contribution < -0.4 is 4.74 Å². The van der Waals surface area contributed by atoms with E-state index in [1.54, 1.807) is 7.11 Å². The van der Waals surface area contributed by atoms with Crippen LogP contribution in [-0.2, 0) is 9.47 Å². The lowest BCUT2D eigenvalue weighted by molar-refractivity contribution is 0.0642. The Labute approximate surface area is 97.6 Å². The van der Waals surface area contributed by atoms with Crippen LogP contribution in [0.3, 0.4) is 0 Å². The lowest BCUT2D eigenvalue weighted by atomic mass is 10.5. The van der Waals surface area contributed by atoms with Crippen LogP contribution in [0.2, 0.25) is 5.15 Å². The predicted octanol–water partition coefficient (Wildman–Crippen LogP) is 1.62. The molecule has 0 atom stereocenters. The van der Waals surface area contributed by atoms with Gasteiger partial charge in [-0.15, -0.1) is 4.37 Å². The molecule has 15 heavy (non-hydrogen) atoms. The van der Waals surface area contributed by atoms with E-state index < -0.39 is 0 Å². The van der Waals surface area contributed by atoms with Crippen LogP contribution in [0.25, 0.3) is 0 Å². The van der Waals surface area contributed by atoms with Crippen molar-refractivity contribution in [2.45, 2.75) is 6.42 Å². The van der Waals surface area contributed by atoms with Gasteiger partial charge in [0, 0.05) is 20.1 Å². The molecule has 0 saturated heterocycles. The summed E-state index contributed by atoms with van der Waals surface area (Å²) in [4.78, 5) is 0. The van der Waals surface area contributed by atoms with Crippen molar-refractivity contribution in [3.05, 3.63) is 5.15 Å². The highest BCUT2D eigenvalue weighted by Crippen LogP contribution is 2.20. The van der Waals surface area contributed by atoms with Crippen LogP contribution in [0.5, 0.6) is 5.88 Å². The van der Waals surface area contributed by atoms with Crippen molar-refractivity contribution in [3.8, 4) is 5.88 Å². The van der Waals surface area contributed by atoms with Gasteiger partial charge >= 0.3 is 0 Å². The van der Waals surface area contributed by atoms with Crippen LogP contribution in [-0.4, -0.2) is 42.3 Å². The van der Waals surface area contributed by atoms with Gasteiger partial charge < -0.3 is 14.2 Å². The molecule has 1 aromatic heterocycles. The summed E-state index contributed by atoms with van der Waals surface area (Å²) in [5.41, 5.74) is 0. The number of methoxy groups -OCH3 is 1. The molecule has 0 aliphatic heterocycles. The van der Waals surface area contributed by atoms with Crippen molar-refractivity contribution < 1.29 is 14.2 Å². The molecule has 0 aliphatic carbocycles. The summed E-state index contributed by atoms with van der Waals surface area (Å²) in [6, 6.07) is 0. The smallest absolute Gasteiger partial charge is 0.265 e. The van der Waals surface area contributed by atoms with Crippen molar-refractivity contribution in [1.29, 1.82) is 0 Å². The third-order valence-corrected chi connectivity index (χ3v) is 2.38. The van der Waals surface area contributed by atoms with Gasteiger partial charge in [0.1, 0.15) is 0 Å². The van der Waals surface area contributed by atoms with Crippen LogP contribution >= 0.6 is 23.3 Å². The van der Waals surface area contributed by atoms with E-state index in [-0.39, 0.29) is 0 Å². The second-order valence-corrected chi connectivity index (χ2v) is 3.55. The maximum Gasteiger partial charge on any atom is 0.265 e. The summed E-state index contributed by atoms with van der Waals surface area (Å²) in [7, 11) is 1.64. The van der Waals surface area contributed by atoms with E-state index in [0.29, 0.717) is 37.5 Å². The van der Waals surface area contributed by atoms with Crippen molar-refractivity contribution in [2.24, 2.45) is 0 Å². The molecule has 0 N–H and O–H groups in total. The highest BCUT2D eigenvalue weighted by atomic mass is 35.5. The second kappa shape index (κ2) is 7.81. The fourth-order valence-corrected chi connectivity index (χ4v) is 1.47. The minimum atomic E-state index is 0.320. The monoisotopic (exact) mass is 252 g/mol. The molecule has 0 bridgehead atoms. The molecular formula is C8H13ClN2O3S. The normalized spacial score (nSPS) is 10.5. The fourth-order valence-electron chi connectivity index (χ4n) is 0.830. The van der Waals surface area contributed by atoms with Crippen LogP contribution in [0, 0.1) is 0 Å². The number of ether oxygens (including phenoxy) is 3. The van der Waals surface area contributed by atoms with E-state index in [0.717, 1.165) is 18.1 Å². The number of halogens is 1. The first-order valence-corrected chi connectivity index (χ1v) is 5.63. The molecule has 1 heterocycles. The first kappa shape index (κ1) is 12.6. The van der Waals surface area contributed by atoms with Gasteiger partial charge in [-0.2, -0.15) is 4.37 Å². The van der Waals surface area contributed by atoms with Gasteiger partial charge in [-0.3, -0.25) is 0 Å². The average molecular weight is 253 g/mol. The van der Waals surface area contributed by atoms with Crippen LogP contribution in [0.1, 0.15) is 6.42 Å². The van der Waals surface area contributed by atoms with E-state index >= 15 is 0 Å². The molecular weight excluding hydrogens is 240 g/mol. The van der Waals surface area contributed by atoms with Gasteiger partial charge in [-0.1, -0.05) is 11.6 Å². The highest BCUT2D eigenvalue weighted by Gasteiger charge is 2.05. The quantitative estimate of drug-likeness (QED) is 0.658. The maximum atomic E-state index is 5.69. The summed E-state index contributed by atoms with van der Waals surface area (Å²) in [6.45, 7) is 2.38. The van der Waals surface area contributed by atoms with E-state index in [1.165, 1.54) is 0 Å². The van der Waals surface area contributed by atoms with E-state index in [9.17, 15) is 0 Å². The van der Waals surface area contributed by atoms with Crippen molar-refractivity contribution in [1.82, 2.24) is 8.75 Å². The van der Waals surface area contributed by atoms with Crippen molar-refractivity contribution in [2.75, 3.05) is 33.5 Å². The van der Waals surface area contributed by atoms with Gasteiger partial charge in [0.2, 0.25) is 5.15 Å². The number of hydrogen-bond acceptors (Lipinski definition) is 6. The molecule has 0 radical (unpaired) electrons. The number of rotatable bonds is 8. The standard InChI is InChI=1S/C8H13ClN2O3S/c1-12-5-6-13-3-2-4-14-8-7(9)10-15-11-8/h2-6H2,1H3. The molecule has 86 valence electrons. The summed E-state index contributed by atoms with van der Waals surface area (Å²) in [6.07, 6.45) is 0.789. The van der Waals surface area contributed by atoms with Gasteiger partial charge in [-0.25, -0.2) is 0 Å². The molecule has 0 spiro atoms. The van der Waals surface area contributed by atoms with Gasteiger partial charge in [-0.05, 0) is 0 Å². The third kappa shape index (κ3) is 5.27. The number of aromatic nitrogens is 2. The molecule has 1 rings (SSSR count). The zero-order chi connectivity index (χ0) is 10.9. The molecule has 5 nitrogen and oxygen atoms in total. The first-order chi connectivity index (χ1) is 7.34. The lowest BCUT2D eigenvalue weighted by Gasteiger charge is -2.04. The molecule has 0 saturated carbocycles. The molecule has 7 heteroatoms. The molecule has 0 unspecified atom stereocenters. The Morgan fingerprint density at radius 3 is 2.73 bits per heavy atom. The Hall–Kier alpha value is -0.430. The molecule has 0 fully saturated rings. The largest absolute Gasteiger partial charge is 0.475 e. The molecule has 0 aliphatic rings. The highest BCUT2D eigenvalue weighted by molar-refractivity contribution is 6.99. The van der Waals surface area contributed by atoms with Crippen molar-refractivity contribution in [3.63, 3.8) is 0 Å². The average Bonchev–Trinajstić information content (AvgIpc) is 2.63. The zero-order valence-electron chi connectivity index (χ0n) is 8.44. The topological polar surface area (TPSA) is 53.5 Å². The Kier molecular flexibility index (Phi) is 6.58. The SMILES string of the molecule is COCCOCCCOc1nsnc1Cl. The van der Waals surface area contributed by atoms with Gasteiger partial charge in [0.05, 0.1) is 31.5 Å². The van der Waals surface area contributed by atoms with E-state index in [1.807, 2.05) is 0 Å². The Morgan fingerprint density at radius 1 is 1.20 bits per heavy atom. The molecule has 0 amide bonds. The van der Waals surface area contributed by atoms with E-state index in [2.05, 4.69) is 8.75 Å². The molecule has 0 aromatic carbocycles. The third-order valence-electron chi connectivity index (χ3n) is 1.52. The Bertz CT molecular complexity index is 272. The second-order valence-electron chi connectivity index (χ2n) is 2.67. The zero-order valence-corrected chi connectivity index (χ0v) is 10.0. The fraction of sp³-hybridized carbons (Fsp3) is 0.750. The Balaban J connectivity index is 1.96. The summed E-state index contributed by atoms with van der Waals surface area (Å²) in [5.74, 6) is 0.401. The van der Waals surface area contributed by atoms with Crippen LogP contribution in [0.4, 0.5) is 0 Å². The minimum Gasteiger partial charge on any atom is -0.475 e. The lowest BCUT2D eigenvalue weighted by Crippen LogP contribution is -2.06.